The highest BCUT2D eigenvalue weighted by Gasteiger charge is 2.15. The number of aliphatic hydroxyl groups excluding tert-OH is 1. The molecular formula is C21H16O. The van der Waals surface area contributed by atoms with Crippen LogP contribution in [0.2, 0.25) is 0 Å². The van der Waals surface area contributed by atoms with Gasteiger partial charge in [-0.05, 0) is 32.7 Å². The third-order valence-corrected chi connectivity index (χ3v) is 4.24. The van der Waals surface area contributed by atoms with E-state index in [0.717, 1.165) is 32.7 Å². The molecule has 0 atom stereocenters. The van der Waals surface area contributed by atoms with Crippen molar-refractivity contribution in [3.63, 3.8) is 0 Å². The predicted octanol–water partition coefficient (Wildman–Crippen LogP) is 5.07. The first-order valence-corrected chi connectivity index (χ1v) is 7.48. The highest BCUT2D eigenvalue weighted by molar-refractivity contribution is 5.89. The second-order valence-electron chi connectivity index (χ2n) is 5.54. The van der Waals surface area contributed by atoms with Crippen molar-refractivity contribution in [3.8, 4) is 0 Å². The van der Waals surface area contributed by atoms with E-state index in [2.05, 4.69) is 36.4 Å². The first-order valence-electron chi connectivity index (χ1n) is 7.48. The van der Waals surface area contributed by atoms with Gasteiger partial charge in [0.25, 0.3) is 0 Å². The van der Waals surface area contributed by atoms with Crippen LogP contribution in [0.3, 0.4) is 0 Å². The molecule has 0 aliphatic heterocycles. The minimum absolute atomic E-state index is 0.628. The molecule has 0 amide bonds. The Balaban J connectivity index is 1.94. The van der Waals surface area contributed by atoms with Gasteiger partial charge in [-0.2, -0.15) is 0 Å². The predicted molar refractivity (Wildman–Crippen MR) is 92.0 cm³/mol. The third-order valence-electron chi connectivity index (χ3n) is 4.24. The Morgan fingerprint density at radius 2 is 0.909 bits per heavy atom. The maximum atomic E-state index is 11.0. The number of aliphatic hydroxyl groups is 1. The summed E-state index contributed by atoms with van der Waals surface area (Å²) in [6.07, 6.45) is -0.628. The minimum Gasteiger partial charge on any atom is -0.384 e. The summed E-state index contributed by atoms with van der Waals surface area (Å²) in [7, 11) is 0. The van der Waals surface area contributed by atoms with Crippen molar-refractivity contribution in [1.82, 2.24) is 0 Å². The highest BCUT2D eigenvalue weighted by atomic mass is 16.3. The zero-order valence-electron chi connectivity index (χ0n) is 12.1. The van der Waals surface area contributed by atoms with E-state index in [0.29, 0.717) is 0 Å². The Bertz CT molecular complexity index is 866. The van der Waals surface area contributed by atoms with E-state index in [1.807, 2.05) is 48.5 Å². The summed E-state index contributed by atoms with van der Waals surface area (Å²) in [5, 5.41) is 15.5. The van der Waals surface area contributed by atoms with Crippen molar-refractivity contribution in [2.45, 2.75) is 6.10 Å². The van der Waals surface area contributed by atoms with E-state index in [1.54, 1.807) is 0 Å². The SMILES string of the molecule is OC(c1cccc2ccccc12)c1cccc2ccccc12. The van der Waals surface area contributed by atoms with Crippen molar-refractivity contribution in [3.05, 3.63) is 96.1 Å². The summed E-state index contributed by atoms with van der Waals surface area (Å²) in [5.74, 6) is 0. The van der Waals surface area contributed by atoms with Crippen molar-refractivity contribution < 1.29 is 5.11 Å². The van der Waals surface area contributed by atoms with E-state index in [-0.39, 0.29) is 0 Å². The Morgan fingerprint density at radius 3 is 1.41 bits per heavy atom. The van der Waals surface area contributed by atoms with E-state index < -0.39 is 6.10 Å². The smallest absolute Gasteiger partial charge is 0.105 e. The average Bonchev–Trinajstić information content (AvgIpc) is 2.60. The summed E-state index contributed by atoms with van der Waals surface area (Å²) in [6.45, 7) is 0. The molecule has 0 bridgehead atoms. The molecule has 0 heterocycles. The first kappa shape index (κ1) is 13.1. The molecule has 4 aromatic rings. The van der Waals surface area contributed by atoms with Gasteiger partial charge in [-0.25, -0.2) is 0 Å². The molecule has 4 aromatic carbocycles. The maximum absolute atomic E-state index is 11.0. The quantitative estimate of drug-likeness (QED) is 0.544. The molecule has 0 saturated heterocycles. The first-order chi connectivity index (χ1) is 10.8. The van der Waals surface area contributed by atoms with Crippen LogP contribution in [-0.2, 0) is 0 Å². The van der Waals surface area contributed by atoms with Crippen molar-refractivity contribution >= 4 is 21.5 Å². The molecule has 1 heteroatoms. The van der Waals surface area contributed by atoms with Crippen LogP contribution < -0.4 is 0 Å². The fourth-order valence-electron chi connectivity index (χ4n) is 3.15. The Morgan fingerprint density at radius 1 is 0.500 bits per heavy atom. The third kappa shape index (κ3) is 2.07. The van der Waals surface area contributed by atoms with E-state index in [9.17, 15) is 5.11 Å². The topological polar surface area (TPSA) is 20.2 Å². The van der Waals surface area contributed by atoms with Crippen LogP contribution in [0, 0.1) is 0 Å². The maximum Gasteiger partial charge on any atom is 0.105 e. The minimum atomic E-state index is -0.628. The number of hydrogen-bond acceptors (Lipinski definition) is 1. The fourth-order valence-corrected chi connectivity index (χ4v) is 3.15. The Labute approximate surface area is 129 Å². The highest BCUT2D eigenvalue weighted by Crippen LogP contribution is 2.32. The molecule has 106 valence electrons. The van der Waals surface area contributed by atoms with E-state index in [1.165, 1.54) is 0 Å². The van der Waals surface area contributed by atoms with E-state index >= 15 is 0 Å². The normalized spacial score (nSPS) is 11.4. The lowest BCUT2D eigenvalue weighted by Gasteiger charge is -2.16. The molecule has 0 fully saturated rings. The lowest BCUT2D eigenvalue weighted by Crippen LogP contribution is -2.01. The zero-order valence-corrected chi connectivity index (χ0v) is 12.1. The van der Waals surface area contributed by atoms with E-state index in [4.69, 9.17) is 0 Å². The number of rotatable bonds is 2. The molecule has 1 nitrogen and oxygen atoms in total. The van der Waals surface area contributed by atoms with Crippen LogP contribution >= 0.6 is 0 Å². The molecule has 0 aliphatic rings. The number of fused-ring (bicyclic) bond motifs is 2. The molecule has 22 heavy (non-hydrogen) atoms. The summed E-state index contributed by atoms with van der Waals surface area (Å²) in [5.41, 5.74) is 1.91. The van der Waals surface area contributed by atoms with Gasteiger partial charge in [0, 0.05) is 0 Å². The van der Waals surface area contributed by atoms with Crippen LogP contribution in [0.1, 0.15) is 17.2 Å². The monoisotopic (exact) mass is 284 g/mol. The van der Waals surface area contributed by atoms with Gasteiger partial charge in [-0.1, -0.05) is 84.9 Å². The van der Waals surface area contributed by atoms with Crippen LogP contribution in [0.4, 0.5) is 0 Å². The molecule has 1 N–H and O–H groups in total. The Kier molecular flexibility index (Phi) is 3.14. The Hall–Kier alpha value is -2.64. The largest absolute Gasteiger partial charge is 0.384 e. The van der Waals surface area contributed by atoms with Gasteiger partial charge < -0.3 is 5.11 Å². The fraction of sp³-hybridized carbons (Fsp3) is 0.0476. The van der Waals surface area contributed by atoms with Crippen molar-refractivity contribution in [2.24, 2.45) is 0 Å². The number of benzene rings is 4. The second-order valence-corrected chi connectivity index (χ2v) is 5.54. The molecule has 0 aromatic heterocycles. The standard InChI is InChI=1S/C21H16O/c22-21(19-13-5-9-15-7-1-3-11-17(15)19)20-14-6-10-16-8-2-4-12-18(16)20/h1-14,21-22H. The number of hydrogen-bond donors (Lipinski definition) is 1. The molecule has 0 saturated carbocycles. The molecular weight excluding hydrogens is 268 g/mol. The van der Waals surface area contributed by atoms with Crippen LogP contribution in [0.25, 0.3) is 21.5 Å². The van der Waals surface area contributed by atoms with Gasteiger partial charge in [-0.15, -0.1) is 0 Å². The zero-order chi connectivity index (χ0) is 14.9. The van der Waals surface area contributed by atoms with Gasteiger partial charge in [-0.3, -0.25) is 0 Å². The molecule has 0 aliphatic carbocycles. The molecule has 0 unspecified atom stereocenters. The van der Waals surface area contributed by atoms with Gasteiger partial charge in [0.15, 0.2) is 0 Å². The molecule has 0 radical (unpaired) electrons. The molecule has 0 spiro atoms. The molecule has 4 rings (SSSR count). The summed E-state index contributed by atoms with van der Waals surface area (Å²) in [4.78, 5) is 0. The van der Waals surface area contributed by atoms with Gasteiger partial charge in [0.2, 0.25) is 0 Å². The average molecular weight is 284 g/mol. The summed E-state index contributed by atoms with van der Waals surface area (Å²) < 4.78 is 0. The van der Waals surface area contributed by atoms with Gasteiger partial charge in [0.05, 0.1) is 0 Å². The summed E-state index contributed by atoms with van der Waals surface area (Å²) in [6, 6.07) is 28.6. The lowest BCUT2D eigenvalue weighted by atomic mass is 9.93. The second kappa shape index (κ2) is 5.28. The van der Waals surface area contributed by atoms with Crippen LogP contribution in [0.5, 0.6) is 0 Å². The summed E-state index contributed by atoms with van der Waals surface area (Å²) >= 11 is 0. The van der Waals surface area contributed by atoms with Crippen LogP contribution in [-0.4, -0.2) is 5.11 Å². The van der Waals surface area contributed by atoms with Crippen molar-refractivity contribution in [1.29, 1.82) is 0 Å². The van der Waals surface area contributed by atoms with Crippen molar-refractivity contribution in [2.75, 3.05) is 0 Å². The van der Waals surface area contributed by atoms with Crippen LogP contribution in [0.15, 0.2) is 84.9 Å². The lowest BCUT2D eigenvalue weighted by molar-refractivity contribution is 0.223. The van der Waals surface area contributed by atoms with Gasteiger partial charge in [0.1, 0.15) is 6.10 Å². The van der Waals surface area contributed by atoms with Gasteiger partial charge >= 0.3 is 0 Å².